The number of nitrogens with zero attached hydrogens (tertiary/aromatic N) is 3. The summed E-state index contributed by atoms with van der Waals surface area (Å²) in [4.78, 5) is 4.83. The van der Waals surface area contributed by atoms with Crippen molar-refractivity contribution in [2.24, 2.45) is 11.8 Å². The highest BCUT2D eigenvalue weighted by Gasteiger charge is 2.42. The molecule has 2 aliphatic heterocycles. The van der Waals surface area contributed by atoms with Gasteiger partial charge in [0.15, 0.2) is 0 Å². The van der Waals surface area contributed by atoms with E-state index >= 15 is 0 Å². The largest absolute Gasteiger partial charge is 0.476 e. The molecule has 1 aliphatic carbocycles. The standard InChI is InChI=1S/C48H61N3O/c1-33(2)31-50-42-21-14-12-19-40(42)47(7,8)44(50)29-23-36-17-16-18-37(46(36)52-39-27-25-38(26-28-39)49(11)35(5)6)24-30-45-48(9,10)41-20-13-15-22-43(41)51(45)32-34(3)4/h12-15,19-29,33-35H,16-18,31-32H2,1-11H3. The lowest BCUT2D eigenvalue weighted by Crippen LogP contribution is -2.29. The van der Waals surface area contributed by atoms with Crippen LogP contribution in [0.4, 0.5) is 17.1 Å². The molecule has 0 bridgehead atoms. The van der Waals surface area contributed by atoms with E-state index in [9.17, 15) is 0 Å². The summed E-state index contributed by atoms with van der Waals surface area (Å²) in [6, 6.07) is 26.8. The Morgan fingerprint density at radius 3 is 2.15 bits per heavy atom. The molecule has 4 heteroatoms. The van der Waals surface area contributed by atoms with Crippen molar-refractivity contribution in [3.63, 3.8) is 0 Å². The normalized spacial score (nSPS) is 19.6. The van der Waals surface area contributed by atoms with Gasteiger partial charge in [-0.05, 0) is 87.6 Å². The summed E-state index contributed by atoms with van der Waals surface area (Å²) in [5.74, 6) is 2.89. The highest BCUT2D eigenvalue weighted by Crippen LogP contribution is 2.48. The molecule has 0 unspecified atom stereocenters. The van der Waals surface area contributed by atoms with Crippen molar-refractivity contribution in [2.75, 3.05) is 29.9 Å². The fraction of sp³-hybridized carbons (Fsp3) is 0.438. The van der Waals surface area contributed by atoms with Gasteiger partial charge in [0.1, 0.15) is 18.0 Å². The summed E-state index contributed by atoms with van der Waals surface area (Å²) in [5, 5.41) is 0. The minimum absolute atomic E-state index is 0.101. The molecule has 3 aliphatic rings. The lowest BCUT2D eigenvalue weighted by molar-refractivity contribution is -0.445. The first-order chi connectivity index (χ1) is 24.7. The van der Waals surface area contributed by atoms with Gasteiger partial charge in [0.05, 0.1) is 11.2 Å². The van der Waals surface area contributed by atoms with Gasteiger partial charge in [0, 0.05) is 59.7 Å². The Bertz CT molecular complexity index is 1930. The predicted octanol–water partition coefficient (Wildman–Crippen LogP) is 11.7. The van der Waals surface area contributed by atoms with Crippen molar-refractivity contribution >= 4 is 22.8 Å². The number of rotatable bonds is 11. The number of hydrogen-bond acceptors (Lipinski definition) is 3. The van der Waals surface area contributed by atoms with E-state index in [-0.39, 0.29) is 10.8 Å². The molecule has 52 heavy (non-hydrogen) atoms. The third-order valence-corrected chi connectivity index (χ3v) is 11.2. The van der Waals surface area contributed by atoms with Crippen LogP contribution in [0.25, 0.3) is 0 Å². The SMILES string of the molecule is CC(C)CN1/C(=C/C=C2\CCCC(C=[C-]C3=[N+](CC(C)C)c4ccccc4C3(C)C)=C2Oc2ccc(N(C)C(C)C)cc2)C(C)(C)c2ccccc21. The second kappa shape index (κ2) is 15.0. The minimum atomic E-state index is -0.150. The van der Waals surface area contributed by atoms with Crippen molar-refractivity contribution in [3.8, 4) is 5.75 Å². The zero-order chi connectivity index (χ0) is 37.4. The van der Waals surface area contributed by atoms with Crippen molar-refractivity contribution in [2.45, 2.75) is 105 Å². The first-order valence-corrected chi connectivity index (χ1v) is 19.6. The van der Waals surface area contributed by atoms with Crippen LogP contribution in [0.2, 0.25) is 0 Å². The maximum Gasteiger partial charge on any atom is 0.208 e. The van der Waals surface area contributed by atoms with Crippen LogP contribution in [0, 0.1) is 17.9 Å². The Hall–Kier alpha value is -4.31. The molecule has 0 amide bonds. The Labute approximate surface area is 314 Å². The number of anilines is 2. The zero-order valence-electron chi connectivity index (χ0n) is 33.7. The van der Waals surface area contributed by atoms with Gasteiger partial charge in [0.2, 0.25) is 5.69 Å². The lowest BCUT2D eigenvalue weighted by Gasteiger charge is -2.30. The summed E-state index contributed by atoms with van der Waals surface area (Å²) in [7, 11) is 2.14. The number of ether oxygens (including phenoxy) is 1. The Morgan fingerprint density at radius 1 is 0.808 bits per heavy atom. The van der Waals surface area contributed by atoms with Crippen molar-refractivity contribution in [3.05, 3.63) is 131 Å². The monoisotopic (exact) mass is 695 g/mol. The first kappa shape index (κ1) is 37.4. The number of fused-ring (bicyclic) bond motifs is 2. The highest BCUT2D eigenvalue weighted by atomic mass is 16.5. The van der Waals surface area contributed by atoms with Crippen molar-refractivity contribution in [1.29, 1.82) is 0 Å². The van der Waals surface area contributed by atoms with E-state index in [1.807, 2.05) is 0 Å². The van der Waals surface area contributed by atoms with Gasteiger partial charge in [-0.3, -0.25) is 0 Å². The third kappa shape index (κ3) is 7.31. The fourth-order valence-electron chi connectivity index (χ4n) is 8.17. The van der Waals surface area contributed by atoms with Crippen LogP contribution in [-0.2, 0) is 10.8 Å². The molecule has 274 valence electrons. The molecule has 0 fully saturated rings. The summed E-state index contributed by atoms with van der Waals surface area (Å²) in [5.41, 5.74) is 11.3. The van der Waals surface area contributed by atoms with E-state index in [0.29, 0.717) is 17.9 Å². The van der Waals surface area contributed by atoms with Crippen LogP contribution in [0.3, 0.4) is 0 Å². The molecule has 0 saturated carbocycles. The van der Waals surface area contributed by atoms with Gasteiger partial charge < -0.3 is 14.5 Å². The van der Waals surface area contributed by atoms with Gasteiger partial charge in [-0.25, -0.2) is 10.7 Å². The van der Waals surface area contributed by atoms with E-state index in [1.54, 1.807) is 0 Å². The second-order valence-corrected chi connectivity index (χ2v) is 17.2. The van der Waals surface area contributed by atoms with Crippen LogP contribution >= 0.6 is 0 Å². The quantitative estimate of drug-likeness (QED) is 0.147. The van der Waals surface area contributed by atoms with Crippen molar-refractivity contribution in [1.82, 2.24) is 0 Å². The third-order valence-electron chi connectivity index (χ3n) is 11.2. The molecule has 0 atom stereocenters. The average molecular weight is 696 g/mol. The molecule has 2 heterocycles. The smallest absolute Gasteiger partial charge is 0.208 e. The van der Waals surface area contributed by atoms with E-state index in [2.05, 4.69) is 188 Å². The summed E-state index contributed by atoms with van der Waals surface area (Å²) >= 11 is 0. The maximum absolute atomic E-state index is 6.97. The topological polar surface area (TPSA) is 18.7 Å². The van der Waals surface area contributed by atoms with Crippen LogP contribution in [0.1, 0.15) is 99.6 Å². The van der Waals surface area contributed by atoms with Crippen molar-refractivity contribution < 1.29 is 9.31 Å². The number of hydrogen-bond donors (Lipinski definition) is 0. The fourth-order valence-corrected chi connectivity index (χ4v) is 8.17. The first-order valence-electron chi connectivity index (χ1n) is 19.6. The minimum Gasteiger partial charge on any atom is -0.476 e. The van der Waals surface area contributed by atoms with Gasteiger partial charge in [0.25, 0.3) is 0 Å². The summed E-state index contributed by atoms with van der Waals surface area (Å²) < 4.78 is 9.47. The van der Waals surface area contributed by atoms with Gasteiger partial charge in [-0.1, -0.05) is 96.9 Å². The maximum atomic E-state index is 6.97. The molecule has 4 nitrogen and oxygen atoms in total. The Kier molecular flexibility index (Phi) is 10.8. The van der Waals surface area contributed by atoms with E-state index < -0.39 is 0 Å². The second-order valence-electron chi connectivity index (χ2n) is 17.2. The molecule has 3 aromatic rings. The number of allylic oxidation sites excluding steroid dienone is 7. The summed E-state index contributed by atoms with van der Waals surface area (Å²) in [6.45, 7) is 25.0. The number of para-hydroxylation sites is 2. The van der Waals surface area contributed by atoms with Gasteiger partial charge >= 0.3 is 0 Å². The van der Waals surface area contributed by atoms with Crippen LogP contribution in [-0.4, -0.2) is 36.5 Å². The Balaban J connectivity index is 1.45. The lowest BCUT2D eigenvalue weighted by atomic mass is 9.81. The molecule has 6 rings (SSSR count). The molecule has 0 radical (unpaired) electrons. The number of benzene rings is 3. The molecule has 0 spiro atoms. The molecule has 3 aromatic carbocycles. The highest BCUT2D eigenvalue weighted by molar-refractivity contribution is 6.00. The molecule has 0 saturated heterocycles. The molecular formula is C48H61N3O. The molecular weight excluding hydrogens is 635 g/mol. The Morgan fingerprint density at radius 2 is 1.48 bits per heavy atom. The zero-order valence-corrected chi connectivity index (χ0v) is 33.7. The van der Waals surface area contributed by atoms with E-state index in [1.165, 1.54) is 50.7 Å². The van der Waals surface area contributed by atoms with Crippen LogP contribution in [0.15, 0.2) is 114 Å². The van der Waals surface area contributed by atoms with Gasteiger partial charge in [-0.15, -0.1) is 0 Å². The van der Waals surface area contributed by atoms with E-state index in [0.717, 1.165) is 43.9 Å². The van der Waals surface area contributed by atoms with Crippen LogP contribution < -0.4 is 14.5 Å². The molecule has 0 aromatic heterocycles. The summed E-state index contributed by atoms with van der Waals surface area (Å²) in [6.07, 6.45) is 13.9. The predicted molar refractivity (Wildman–Crippen MR) is 221 cm³/mol. The van der Waals surface area contributed by atoms with Gasteiger partial charge in [-0.2, -0.15) is 11.6 Å². The average Bonchev–Trinajstić information content (AvgIpc) is 3.44. The molecule has 0 N–H and O–H groups in total. The van der Waals surface area contributed by atoms with E-state index in [4.69, 9.17) is 4.74 Å². The van der Waals surface area contributed by atoms with Crippen LogP contribution in [0.5, 0.6) is 5.75 Å².